The summed E-state index contributed by atoms with van der Waals surface area (Å²) in [6.45, 7) is 12.4. The normalized spacial score (nSPS) is 21.2. The van der Waals surface area contributed by atoms with E-state index in [1.54, 1.807) is 0 Å². The van der Waals surface area contributed by atoms with Crippen LogP contribution >= 0.6 is 0 Å². The van der Waals surface area contributed by atoms with Gasteiger partial charge in [-0.05, 0) is 58.3 Å². The van der Waals surface area contributed by atoms with Crippen molar-refractivity contribution in [2.75, 3.05) is 13.1 Å². The van der Waals surface area contributed by atoms with Crippen molar-refractivity contribution in [3.63, 3.8) is 0 Å². The van der Waals surface area contributed by atoms with E-state index in [9.17, 15) is 4.79 Å². The van der Waals surface area contributed by atoms with E-state index in [1.807, 2.05) is 4.90 Å². The lowest BCUT2D eigenvalue weighted by Gasteiger charge is -2.29. The van der Waals surface area contributed by atoms with Crippen molar-refractivity contribution in [2.45, 2.75) is 60.3 Å². The molecule has 0 N–H and O–H groups in total. The van der Waals surface area contributed by atoms with Crippen LogP contribution in [0.1, 0.15) is 60.3 Å². The summed E-state index contributed by atoms with van der Waals surface area (Å²) in [4.78, 5) is 14.3. The third kappa shape index (κ3) is 4.67. The number of hydrogen-bond acceptors (Lipinski definition) is 1. The van der Waals surface area contributed by atoms with E-state index < -0.39 is 0 Å². The second kappa shape index (κ2) is 7.72. The van der Waals surface area contributed by atoms with Gasteiger partial charge in [0, 0.05) is 13.1 Å². The lowest BCUT2D eigenvalue weighted by Crippen LogP contribution is -2.35. The fraction of sp³-hybridized carbons (Fsp3) is 0.824. The van der Waals surface area contributed by atoms with Gasteiger partial charge >= 0.3 is 0 Å². The van der Waals surface area contributed by atoms with E-state index in [1.165, 1.54) is 24.8 Å². The van der Waals surface area contributed by atoms with Crippen molar-refractivity contribution in [1.29, 1.82) is 0 Å². The van der Waals surface area contributed by atoms with Crippen molar-refractivity contribution < 1.29 is 4.79 Å². The summed E-state index contributed by atoms with van der Waals surface area (Å²) in [7, 11) is 0. The first-order valence-electron chi connectivity index (χ1n) is 7.97. The van der Waals surface area contributed by atoms with Gasteiger partial charge in [0.05, 0.1) is 5.92 Å². The Morgan fingerprint density at radius 3 is 2.37 bits per heavy atom. The SMILES string of the molecule is CCN(CC)C(=O)[C@@H](C)C1=CC[C@H](CC(C)C)CC1. The van der Waals surface area contributed by atoms with Gasteiger partial charge in [-0.2, -0.15) is 0 Å². The van der Waals surface area contributed by atoms with Crippen LogP contribution < -0.4 is 0 Å². The average Bonchev–Trinajstić information content (AvgIpc) is 2.39. The minimum Gasteiger partial charge on any atom is -0.343 e. The molecule has 0 spiro atoms. The summed E-state index contributed by atoms with van der Waals surface area (Å²) >= 11 is 0. The predicted molar refractivity (Wildman–Crippen MR) is 82.0 cm³/mol. The van der Waals surface area contributed by atoms with E-state index in [0.717, 1.165) is 31.3 Å². The van der Waals surface area contributed by atoms with Crippen LogP contribution in [0, 0.1) is 17.8 Å². The van der Waals surface area contributed by atoms with Gasteiger partial charge in [0.25, 0.3) is 0 Å². The maximum absolute atomic E-state index is 12.3. The van der Waals surface area contributed by atoms with Crippen LogP contribution in [-0.4, -0.2) is 23.9 Å². The van der Waals surface area contributed by atoms with E-state index in [0.29, 0.717) is 5.91 Å². The summed E-state index contributed by atoms with van der Waals surface area (Å²) < 4.78 is 0. The number of hydrogen-bond donors (Lipinski definition) is 0. The van der Waals surface area contributed by atoms with Gasteiger partial charge in [0.15, 0.2) is 0 Å². The second-order valence-electron chi connectivity index (χ2n) is 6.28. The molecule has 1 aliphatic rings. The maximum atomic E-state index is 12.3. The first kappa shape index (κ1) is 16.3. The molecule has 0 aromatic heterocycles. The van der Waals surface area contributed by atoms with Crippen molar-refractivity contribution in [3.05, 3.63) is 11.6 Å². The number of rotatable bonds is 6. The van der Waals surface area contributed by atoms with Gasteiger partial charge in [-0.1, -0.05) is 25.5 Å². The zero-order valence-electron chi connectivity index (χ0n) is 13.4. The molecular weight excluding hydrogens is 234 g/mol. The molecule has 0 aromatic carbocycles. The molecule has 0 aromatic rings. The predicted octanol–water partition coefficient (Wildman–Crippen LogP) is 4.26. The van der Waals surface area contributed by atoms with Crippen molar-refractivity contribution in [1.82, 2.24) is 4.90 Å². The third-order valence-corrected chi connectivity index (χ3v) is 4.36. The smallest absolute Gasteiger partial charge is 0.229 e. The summed E-state index contributed by atoms with van der Waals surface area (Å²) in [5.41, 5.74) is 1.37. The Balaban J connectivity index is 2.57. The monoisotopic (exact) mass is 265 g/mol. The summed E-state index contributed by atoms with van der Waals surface area (Å²) in [5, 5.41) is 0. The number of allylic oxidation sites excluding steroid dienone is 1. The van der Waals surface area contributed by atoms with E-state index in [-0.39, 0.29) is 5.92 Å². The topological polar surface area (TPSA) is 20.3 Å². The molecule has 2 nitrogen and oxygen atoms in total. The highest BCUT2D eigenvalue weighted by Crippen LogP contribution is 2.32. The molecular formula is C17H31NO. The fourth-order valence-electron chi connectivity index (χ4n) is 3.15. The number of amides is 1. The number of carbonyl (C=O) groups excluding carboxylic acids is 1. The largest absolute Gasteiger partial charge is 0.343 e. The highest BCUT2D eigenvalue weighted by atomic mass is 16.2. The fourth-order valence-corrected chi connectivity index (χ4v) is 3.15. The second-order valence-corrected chi connectivity index (χ2v) is 6.28. The highest BCUT2D eigenvalue weighted by Gasteiger charge is 2.25. The molecule has 0 radical (unpaired) electrons. The quantitative estimate of drug-likeness (QED) is 0.657. The van der Waals surface area contributed by atoms with Crippen molar-refractivity contribution in [3.8, 4) is 0 Å². The molecule has 1 aliphatic carbocycles. The minimum atomic E-state index is 0.0832. The Morgan fingerprint density at radius 2 is 1.95 bits per heavy atom. The molecule has 0 heterocycles. The van der Waals surface area contributed by atoms with E-state index in [2.05, 4.69) is 40.7 Å². The molecule has 1 amide bonds. The molecule has 0 unspecified atom stereocenters. The van der Waals surface area contributed by atoms with Crippen molar-refractivity contribution >= 4 is 5.91 Å². The molecule has 110 valence electrons. The van der Waals surface area contributed by atoms with E-state index in [4.69, 9.17) is 0 Å². The third-order valence-electron chi connectivity index (χ3n) is 4.36. The van der Waals surface area contributed by atoms with Crippen LogP contribution in [-0.2, 0) is 4.79 Å². The zero-order chi connectivity index (χ0) is 14.4. The molecule has 2 atom stereocenters. The van der Waals surface area contributed by atoms with Crippen molar-refractivity contribution in [2.24, 2.45) is 17.8 Å². The first-order chi connectivity index (χ1) is 8.99. The average molecular weight is 265 g/mol. The first-order valence-corrected chi connectivity index (χ1v) is 7.97. The van der Waals surface area contributed by atoms with Crippen LogP contribution in [0.15, 0.2) is 11.6 Å². The molecule has 0 bridgehead atoms. The van der Waals surface area contributed by atoms with Crippen LogP contribution in [0.5, 0.6) is 0 Å². The molecule has 0 fully saturated rings. The molecule has 1 rings (SSSR count). The number of carbonyl (C=O) groups is 1. The van der Waals surface area contributed by atoms with Gasteiger partial charge in [-0.25, -0.2) is 0 Å². The lowest BCUT2D eigenvalue weighted by molar-refractivity contribution is -0.133. The zero-order valence-corrected chi connectivity index (χ0v) is 13.4. The number of nitrogens with zero attached hydrogens (tertiary/aromatic N) is 1. The summed E-state index contributed by atoms with van der Waals surface area (Å²) in [5.74, 6) is 2.01. The lowest BCUT2D eigenvalue weighted by atomic mass is 9.80. The summed E-state index contributed by atoms with van der Waals surface area (Å²) in [6.07, 6.45) is 7.22. The molecule has 2 heteroatoms. The molecule has 19 heavy (non-hydrogen) atoms. The Bertz CT molecular complexity index is 315. The van der Waals surface area contributed by atoms with Crippen LogP contribution in [0.25, 0.3) is 0 Å². The van der Waals surface area contributed by atoms with Gasteiger partial charge in [0.1, 0.15) is 0 Å². The Kier molecular flexibility index (Phi) is 6.60. The molecule has 0 saturated heterocycles. The van der Waals surface area contributed by atoms with Crippen LogP contribution in [0.4, 0.5) is 0 Å². The summed E-state index contributed by atoms with van der Waals surface area (Å²) in [6, 6.07) is 0. The van der Waals surface area contributed by atoms with Gasteiger partial charge in [0.2, 0.25) is 5.91 Å². The Morgan fingerprint density at radius 1 is 1.32 bits per heavy atom. The van der Waals surface area contributed by atoms with Crippen LogP contribution in [0.3, 0.4) is 0 Å². The van der Waals surface area contributed by atoms with Crippen LogP contribution in [0.2, 0.25) is 0 Å². The van der Waals surface area contributed by atoms with Gasteiger partial charge in [-0.3, -0.25) is 4.79 Å². The van der Waals surface area contributed by atoms with Gasteiger partial charge in [-0.15, -0.1) is 0 Å². The van der Waals surface area contributed by atoms with E-state index >= 15 is 0 Å². The van der Waals surface area contributed by atoms with Gasteiger partial charge < -0.3 is 4.90 Å². The maximum Gasteiger partial charge on any atom is 0.229 e. The Hall–Kier alpha value is -0.790. The minimum absolute atomic E-state index is 0.0832. The molecule has 0 aliphatic heterocycles. The highest BCUT2D eigenvalue weighted by molar-refractivity contribution is 5.81. The Labute approximate surface area is 119 Å². The molecule has 0 saturated carbocycles. The standard InChI is InChI=1S/C17H31NO/c1-6-18(7-2)17(19)14(5)16-10-8-15(9-11-16)12-13(3)4/h10,13-15H,6-9,11-12H2,1-5H3/t14-,15-/m0/s1.